The van der Waals surface area contributed by atoms with Crippen LogP contribution in [-0.2, 0) is 6.18 Å². The van der Waals surface area contributed by atoms with Crippen molar-refractivity contribution in [3.63, 3.8) is 0 Å². The van der Waals surface area contributed by atoms with E-state index in [2.05, 4.69) is 9.97 Å². The molecular formula is C18H17F3N4O. The number of hydrogen-bond acceptors (Lipinski definition) is 4. The van der Waals surface area contributed by atoms with Gasteiger partial charge < -0.3 is 9.80 Å². The van der Waals surface area contributed by atoms with Gasteiger partial charge in [0.2, 0.25) is 0 Å². The molecule has 2 aliphatic heterocycles. The molecule has 0 saturated carbocycles. The maximum Gasteiger partial charge on any atom is 0.418 e. The van der Waals surface area contributed by atoms with Gasteiger partial charge in [-0.1, -0.05) is 12.1 Å². The van der Waals surface area contributed by atoms with Crippen LogP contribution in [0.25, 0.3) is 0 Å². The number of rotatable bonds is 2. The van der Waals surface area contributed by atoms with E-state index in [4.69, 9.17) is 0 Å². The zero-order valence-corrected chi connectivity index (χ0v) is 13.9. The van der Waals surface area contributed by atoms with E-state index in [1.165, 1.54) is 30.7 Å². The molecule has 2 saturated heterocycles. The number of aromatic nitrogens is 2. The summed E-state index contributed by atoms with van der Waals surface area (Å²) in [6.07, 6.45) is 0.0377. The highest BCUT2D eigenvalue weighted by Gasteiger charge is 2.44. The predicted octanol–water partition coefficient (Wildman–Crippen LogP) is 2.70. The third kappa shape index (κ3) is 3.00. The van der Waals surface area contributed by atoms with Crippen LogP contribution in [0.5, 0.6) is 0 Å². The summed E-state index contributed by atoms with van der Waals surface area (Å²) < 4.78 is 39.8. The van der Waals surface area contributed by atoms with Gasteiger partial charge in [0.05, 0.1) is 11.8 Å². The normalized spacial score (nSPS) is 22.6. The zero-order chi connectivity index (χ0) is 18.3. The molecule has 0 bridgehead atoms. The number of fused-ring (bicyclic) bond motifs is 1. The molecule has 2 atom stereocenters. The van der Waals surface area contributed by atoms with E-state index in [9.17, 15) is 18.0 Å². The lowest BCUT2D eigenvalue weighted by molar-refractivity contribution is -0.137. The monoisotopic (exact) mass is 362 g/mol. The van der Waals surface area contributed by atoms with Crippen LogP contribution in [-0.4, -0.2) is 47.0 Å². The average Bonchev–Trinajstić information content (AvgIpc) is 3.20. The van der Waals surface area contributed by atoms with E-state index < -0.39 is 11.7 Å². The number of para-hydroxylation sites is 1. The number of carbonyl (C=O) groups is 1. The Hall–Kier alpha value is -2.64. The van der Waals surface area contributed by atoms with Gasteiger partial charge >= 0.3 is 6.18 Å². The standard InChI is InChI=1S/C18H17F3N4O/c19-18(20,21)14-3-1-2-4-16(14)24-8-12-10-25(11-13(12)9-24)17(26)15-7-22-5-6-23-15/h1-7,12-13H,8-11H2. The van der Waals surface area contributed by atoms with E-state index in [1.807, 2.05) is 0 Å². The smallest absolute Gasteiger partial charge is 0.370 e. The maximum absolute atomic E-state index is 13.3. The van der Waals surface area contributed by atoms with Crippen LogP contribution >= 0.6 is 0 Å². The number of halogens is 3. The molecule has 1 aromatic carbocycles. The predicted molar refractivity (Wildman–Crippen MR) is 88.6 cm³/mol. The summed E-state index contributed by atoms with van der Waals surface area (Å²) >= 11 is 0. The van der Waals surface area contributed by atoms with Crippen LogP contribution < -0.4 is 4.90 Å². The van der Waals surface area contributed by atoms with E-state index >= 15 is 0 Å². The Bertz CT molecular complexity index is 798. The quantitative estimate of drug-likeness (QED) is 0.824. The number of amides is 1. The number of likely N-dealkylation sites (tertiary alicyclic amines) is 1. The Labute approximate surface area is 148 Å². The van der Waals surface area contributed by atoms with Gasteiger partial charge in [0.1, 0.15) is 5.69 Å². The molecule has 2 aromatic rings. The summed E-state index contributed by atoms with van der Waals surface area (Å²) in [7, 11) is 0. The van der Waals surface area contributed by atoms with E-state index in [0.29, 0.717) is 31.9 Å². The summed E-state index contributed by atoms with van der Waals surface area (Å²) in [5.74, 6) is 0.156. The topological polar surface area (TPSA) is 49.3 Å². The molecule has 1 amide bonds. The van der Waals surface area contributed by atoms with Crippen LogP contribution in [0.2, 0.25) is 0 Å². The van der Waals surface area contributed by atoms with Crippen molar-refractivity contribution >= 4 is 11.6 Å². The van der Waals surface area contributed by atoms with Crippen molar-refractivity contribution in [3.8, 4) is 0 Å². The SMILES string of the molecule is O=C(c1cnccn1)N1CC2CN(c3ccccc3C(F)(F)F)CC2C1. The maximum atomic E-state index is 13.3. The highest BCUT2D eigenvalue weighted by Crippen LogP contribution is 2.40. The molecule has 0 radical (unpaired) electrons. The Morgan fingerprint density at radius 1 is 1.04 bits per heavy atom. The molecule has 2 unspecified atom stereocenters. The van der Waals surface area contributed by atoms with Crippen molar-refractivity contribution in [2.45, 2.75) is 6.18 Å². The van der Waals surface area contributed by atoms with Crippen LogP contribution in [0.3, 0.4) is 0 Å². The fraction of sp³-hybridized carbons (Fsp3) is 0.389. The lowest BCUT2D eigenvalue weighted by Gasteiger charge is -2.25. The minimum absolute atomic E-state index is 0.164. The highest BCUT2D eigenvalue weighted by atomic mass is 19.4. The second kappa shape index (κ2) is 6.26. The fourth-order valence-electron chi connectivity index (χ4n) is 3.92. The van der Waals surface area contributed by atoms with Crippen molar-refractivity contribution in [3.05, 3.63) is 54.1 Å². The molecule has 4 rings (SSSR count). The minimum atomic E-state index is -4.37. The summed E-state index contributed by atoms with van der Waals surface area (Å²) in [6, 6.07) is 5.67. The largest absolute Gasteiger partial charge is 0.418 e. The second-order valence-corrected chi connectivity index (χ2v) is 6.74. The van der Waals surface area contributed by atoms with Gasteiger partial charge in [-0.25, -0.2) is 4.98 Å². The Balaban J connectivity index is 1.47. The lowest BCUT2D eigenvalue weighted by atomic mass is 10.0. The van der Waals surface area contributed by atoms with Gasteiger partial charge in [0, 0.05) is 56.1 Å². The summed E-state index contributed by atoms with van der Waals surface area (Å²) in [4.78, 5) is 23.9. The van der Waals surface area contributed by atoms with Crippen molar-refractivity contribution in [2.75, 3.05) is 31.1 Å². The van der Waals surface area contributed by atoms with Crippen molar-refractivity contribution in [2.24, 2.45) is 11.8 Å². The van der Waals surface area contributed by atoms with Crippen molar-refractivity contribution in [1.29, 1.82) is 0 Å². The highest BCUT2D eigenvalue weighted by molar-refractivity contribution is 5.92. The molecule has 2 aliphatic rings. The Morgan fingerprint density at radius 2 is 1.73 bits per heavy atom. The van der Waals surface area contributed by atoms with E-state index in [1.54, 1.807) is 15.9 Å². The number of carbonyl (C=O) groups excluding carboxylic acids is 1. The average molecular weight is 362 g/mol. The Morgan fingerprint density at radius 3 is 2.35 bits per heavy atom. The molecule has 8 heteroatoms. The van der Waals surface area contributed by atoms with Crippen LogP contribution in [0.4, 0.5) is 18.9 Å². The van der Waals surface area contributed by atoms with Crippen LogP contribution in [0.15, 0.2) is 42.9 Å². The number of nitrogens with zero attached hydrogens (tertiary/aromatic N) is 4. The first kappa shape index (κ1) is 16.8. The van der Waals surface area contributed by atoms with Gasteiger partial charge in [-0.3, -0.25) is 9.78 Å². The van der Waals surface area contributed by atoms with Crippen molar-refractivity contribution in [1.82, 2.24) is 14.9 Å². The van der Waals surface area contributed by atoms with Gasteiger partial charge in [-0.15, -0.1) is 0 Å². The first-order valence-corrected chi connectivity index (χ1v) is 8.40. The molecule has 2 fully saturated rings. The number of alkyl halides is 3. The Kier molecular flexibility index (Phi) is 4.05. The molecular weight excluding hydrogens is 345 g/mol. The minimum Gasteiger partial charge on any atom is -0.370 e. The molecule has 0 N–H and O–H groups in total. The van der Waals surface area contributed by atoms with Crippen LogP contribution in [0.1, 0.15) is 16.1 Å². The fourth-order valence-corrected chi connectivity index (χ4v) is 3.92. The first-order valence-electron chi connectivity index (χ1n) is 8.40. The van der Waals surface area contributed by atoms with Gasteiger partial charge in [-0.2, -0.15) is 13.2 Å². The zero-order valence-electron chi connectivity index (χ0n) is 13.9. The third-order valence-electron chi connectivity index (χ3n) is 5.11. The molecule has 5 nitrogen and oxygen atoms in total. The van der Waals surface area contributed by atoms with E-state index in [0.717, 1.165) is 6.07 Å². The van der Waals surface area contributed by atoms with E-state index in [-0.39, 0.29) is 23.4 Å². The second-order valence-electron chi connectivity index (χ2n) is 6.74. The van der Waals surface area contributed by atoms with Gasteiger partial charge in [-0.05, 0) is 12.1 Å². The number of hydrogen-bond donors (Lipinski definition) is 0. The third-order valence-corrected chi connectivity index (χ3v) is 5.11. The van der Waals surface area contributed by atoms with Crippen molar-refractivity contribution < 1.29 is 18.0 Å². The number of anilines is 1. The molecule has 26 heavy (non-hydrogen) atoms. The molecule has 136 valence electrons. The molecule has 0 spiro atoms. The molecule has 0 aliphatic carbocycles. The molecule has 3 heterocycles. The first-order chi connectivity index (χ1) is 12.4. The van der Waals surface area contributed by atoms with Crippen LogP contribution in [0, 0.1) is 11.8 Å². The van der Waals surface area contributed by atoms with Gasteiger partial charge in [0.15, 0.2) is 0 Å². The molecule has 1 aromatic heterocycles. The number of benzene rings is 1. The summed E-state index contributed by atoms with van der Waals surface area (Å²) in [6.45, 7) is 2.10. The summed E-state index contributed by atoms with van der Waals surface area (Å²) in [5.41, 5.74) is -0.0829. The lowest BCUT2D eigenvalue weighted by Crippen LogP contribution is -2.34. The summed E-state index contributed by atoms with van der Waals surface area (Å²) in [5, 5.41) is 0. The van der Waals surface area contributed by atoms with Gasteiger partial charge in [0.25, 0.3) is 5.91 Å².